The third kappa shape index (κ3) is 2.69. The fraction of sp³-hybridized carbons (Fsp3) is 0.308. The average molecular weight is 204 g/mol. The molecule has 0 amide bonds. The second-order valence-corrected chi connectivity index (χ2v) is 3.63. The molecule has 0 saturated heterocycles. The molecule has 80 valence electrons. The van der Waals surface area contributed by atoms with Crippen LogP contribution in [0.15, 0.2) is 29.8 Å². The van der Waals surface area contributed by atoms with Gasteiger partial charge in [-0.25, -0.2) is 4.79 Å². The Bertz CT molecular complexity index is 386. The number of aryl methyl sites for hydroxylation is 1. The predicted molar refractivity (Wildman–Crippen MR) is 61.7 cm³/mol. The van der Waals surface area contributed by atoms with Crippen molar-refractivity contribution in [3.63, 3.8) is 0 Å². The van der Waals surface area contributed by atoms with Gasteiger partial charge in [-0.3, -0.25) is 0 Å². The molecule has 1 rings (SSSR count). The lowest BCUT2D eigenvalue weighted by Crippen LogP contribution is -2.00. The first-order valence-electron chi connectivity index (χ1n) is 5.06. The molecule has 0 saturated carbocycles. The predicted octanol–water partition coefficient (Wildman–Crippen LogP) is 3.26. The minimum absolute atomic E-state index is 0.432. The molecule has 1 aromatic carbocycles. The number of rotatable bonds is 3. The van der Waals surface area contributed by atoms with E-state index in [1.165, 1.54) is 5.56 Å². The van der Waals surface area contributed by atoms with Crippen LogP contribution in [0.3, 0.4) is 0 Å². The highest BCUT2D eigenvalue weighted by molar-refractivity contribution is 5.95. The molecule has 0 heterocycles. The highest BCUT2D eigenvalue weighted by Gasteiger charge is 2.09. The van der Waals surface area contributed by atoms with Gasteiger partial charge in [-0.1, -0.05) is 36.8 Å². The molecule has 0 radical (unpaired) electrons. The first-order chi connectivity index (χ1) is 7.06. The van der Waals surface area contributed by atoms with Crippen LogP contribution in [0.2, 0.25) is 0 Å². The minimum Gasteiger partial charge on any atom is -0.478 e. The van der Waals surface area contributed by atoms with Crippen LogP contribution in [-0.4, -0.2) is 11.1 Å². The fourth-order valence-corrected chi connectivity index (χ4v) is 1.57. The van der Waals surface area contributed by atoms with Crippen molar-refractivity contribution in [3.05, 3.63) is 41.0 Å². The van der Waals surface area contributed by atoms with Crippen molar-refractivity contribution < 1.29 is 9.90 Å². The van der Waals surface area contributed by atoms with Crippen LogP contribution in [0.25, 0.3) is 5.57 Å². The van der Waals surface area contributed by atoms with E-state index in [4.69, 9.17) is 5.11 Å². The summed E-state index contributed by atoms with van der Waals surface area (Å²) in [4.78, 5) is 10.9. The summed E-state index contributed by atoms with van der Waals surface area (Å²) in [5, 5.41) is 8.94. The van der Waals surface area contributed by atoms with Crippen LogP contribution < -0.4 is 0 Å². The topological polar surface area (TPSA) is 37.3 Å². The van der Waals surface area contributed by atoms with Crippen molar-refractivity contribution in [1.29, 1.82) is 0 Å². The van der Waals surface area contributed by atoms with Crippen molar-refractivity contribution in [1.82, 2.24) is 0 Å². The van der Waals surface area contributed by atoms with Crippen molar-refractivity contribution in [3.8, 4) is 0 Å². The average Bonchev–Trinajstić information content (AvgIpc) is 2.21. The Morgan fingerprint density at radius 3 is 2.20 bits per heavy atom. The number of allylic oxidation sites excluding steroid dienone is 1. The summed E-state index contributed by atoms with van der Waals surface area (Å²) in [6.45, 7) is 5.64. The van der Waals surface area contributed by atoms with Crippen molar-refractivity contribution in [2.45, 2.75) is 27.2 Å². The zero-order chi connectivity index (χ0) is 11.4. The molecule has 2 nitrogen and oxygen atoms in total. The molecule has 0 aliphatic heterocycles. The van der Waals surface area contributed by atoms with Gasteiger partial charge in [-0.2, -0.15) is 0 Å². The van der Waals surface area contributed by atoms with Crippen molar-refractivity contribution >= 4 is 11.5 Å². The molecule has 0 fully saturated rings. The molecule has 0 aliphatic carbocycles. The van der Waals surface area contributed by atoms with Gasteiger partial charge < -0.3 is 5.11 Å². The molecule has 0 atom stereocenters. The van der Waals surface area contributed by atoms with Gasteiger partial charge in [0.15, 0.2) is 0 Å². The largest absolute Gasteiger partial charge is 0.478 e. The van der Waals surface area contributed by atoms with E-state index in [2.05, 4.69) is 0 Å². The molecule has 0 unspecified atom stereocenters. The van der Waals surface area contributed by atoms with Gasteiger partial charge in [0.1, 0.15) is 0 Å². The number of hydrogen-bond acceptors (Lipinski definition) is 1. The van der Waals surface area contributed by atoms with Crippen LogP contribution in [0, 0.1) is 6.92 Å². The maximum atomic E-state index is 10.9. The molecular weight excluding hydrogens is 188 g/mol. The maximum Gasteiger partial charge on any atom is 0.331 e. The number of carboxylic acids is 1. The summed E-state index contributed by atoms with van der Waals surface area (Å²) in [6, 6.07) is 7.95. The van der Waals surface area contributed by atoms with Gasteiger partial charge in [0.05, 0.1) is 0 Å². The lowest BCUT2D eigenvalue weighted by atomic mass is 9.97. The number of hydrogen-bond donors (Lipinski definition) is 1. The third-order valence-corrected chi connectivity index (χ3v) is 2.53. The van der Waals surface area contributed by atoms with Gasteiger partial charge in [0.2, 0.25) is 0 Å². The minimum atomic E-state index is -0.840. The Balaban J connectivity index is 3.19. The number of benzene rings is 1. The summed E-state index contributed by atoms with van der Waals surface area (Å²) in [6.07, 6.45) is 0.737. The first kappa shape index (κ1) is 11.5. The van der Waals surface area contributed by atoms with Crippen LogP contribution in [0.4, 0.5) is 0 Å². The third-order valence-electron chi connectivity index (χ3n) is 2.53. The lowest BCUT2D eigenvalue weighted by molar-refractivity contribution is -0.132. The van der Waals surface area contributed by atoms with E-state index in [9.17, 15) is 4.79 Å². The smallest absolute Gasteiger partial charge is 0.331 e. The van der Waals surface area contributed by atoms with Crippen LogP contribution >= 0.6 is 0 Å². The normalized spacial score (nSPS) is 12.2. The first-order valence-corrected chi connectivity index (χ1v) is 5.06. The number of carboxylic acid groups (broad SMARTS) is 1. The second kappa shape index (κ2) is 4.78. The van der Waals surface area contributed by atoms with Gasteiger partial charge in [0, 0.05) is 5.57 Å². The van der Waals surface area contributed by atoms with Crippen LogP contribution in [0.1, 0.15) is 31.4 Å². The van der Waals surface area contributed by atoms with E-state index in [1.807, 2.05) is 38.1 Å². The summed E-state index contributed by atoms with van der Waals surface area (Å²) in [7, 11) is 0. The molecule has 0 aromatic heterocycles. The van der Waals surface area contributed by atoms with E-state index < -0.39 is 5.97 Å². The Labute approximate surface area is 90.3 Å². The Hall–Kier alpha value is -1.57. The molecule has 1 N–H and O–H groups in total. The Morgan fingerprint density at radius 1 is 1.27 bits per heavy atom. The second-order valence-electron chi connectivity index (χ2n) is 3.63. The van der Waals surface area contributed by atoms with Crippen LogP contribution in [-0.2, 0) is 4.79 Å². The Morgan fingerprint density at radius 2 is 1.80 bits per heavy atom. The number of aliphatic carboxylic acids is 1. The summed E-state index contributed by atoms with van der Waals surface area (Å²) < 4.78 is 0. The quantitative estimate of drug-likeness (QED) is 0.767. The molecule has 0 aliphatic rings. The van der Waals surface area contributed by atoms with E-state index in [1.54, 1.807) is 6.92 Å². The maximum absolute atomic E-state index is 10.9. The van der Waals surface area contributed by atoms with Gasteiger partial charge >= 0.3 is 5.97 Å². The van der Waals surface area contributed by atoms with Gasteiger partial charge in [-0.15, -0.1) is 0 Å². The fourth-order valence-electron chi connectivity index (χ4n) is 1.57. The van der Waals surface area contributed by atoms with Crippen molar-refractivity contribution in [2.75, 3.05) is 0 Å². The highest BCUT2D eigenvalue weighted by atomic mass is 16.4. The Kier molecular flexibility index (Phi) is 3.67. The van der Waals surface area contributed by atoms with E-state index >= 15 is 0 Å². The molecule has 1 aromatic rings. The molecular formula is C13H16O2. The standard InChI is InChI=1S/C13H16O2/c1-4-12(10(3)13(14)15)11-7-5-9(2)6-8-11/h5-8H,4H2,1-3H3,(H,14,15). The van der Waals surface area contributed by atoms with Gasteiger partial charge in [-0.05, 0) is 31.4 Å². The zero-order valence-electron chi connectivity index (χ0n) is 9.37. The monoisotopic (exact) mass is 204 g/mol. The van der Waals surface area contributed by atoms with Gasteiger partial charge in [0.25, 0.3) is 0 Å². The summed E-state index contributed by atoms with van der Waals surface area (Å²) in [5.41, 5.74) is 3.52. The SMILES string of the molecule is CCC(=C(C)C(=O)O)c1ccc(C)cc1. The summed E-state index contributed by atoms with van der Waals surface area (Å²) in [5.74, 6) is -0.840. The molecule has 15 heavy (non-hydrogen) atoms. The zero-order valence-corrected chi connectivity index (χ0v) is 9.37. The van der Waals surface area contributed by atoms with E-state index in [-0.39, 0.29) is 0 Å². The summed E-state index contributed by atoms with van der Waals surface area (Å²) >= 11 is 0. The van der Waals surface area contributed by atoms with Crippen molar-refractivity contribution in [2.24, 2.45) is 0 Å². The van der Waals surface area contributed by atoms with Crippen LogP contribution in [0.5, 0.6) is 0 Å². The van der Waals surface area contributed by atoms with E-state index in [0.29, 0.717) is 5.57 Å². The lowest BCUT2D eigenvalue weighted by Gasteiger charge is -2.08. The number of carbonyl (C=O) groups is 1. The molecule has 2 heteroatoms. The molecule has 0 bridgehead atoms. The van der Waals surface area contributed by atoms with E-state index in [0.717, 1.165) is 17.6 Å². The molecule has 0 spiro atoms. The highest BCUT2D eigenvalue weighted by Crippen LogP contribution is 2.22.